The van der Waals surface area contributed by atoms with Crippen molar-refractivity contribution in [2.24, 2.45) is 11.6 Å². The molecule has 0 heterocycles. The van der Waals surface area contributed by atoms with Gasteiger partial charge in [0.25, 0.3) is 0 Å². The van der Waals surface area contributed by atoms with Gasteiger partial charge in [-0.1, -0.05) is 0 Å². The molecular formula is C5H15N5. The van der Waals surface area contributed by atoms with Gasteiger partial charge in [-0.15, -0.1) is 0 Å². The first-order valence-electron chi connectivity index (χ1n) is 3.28. The molecule has 5 nitrogen and oxygen atoms in total. The minimum absolute atomic E-state index is 0.0284. The highest BCUT2D eigenvalue weighted by Gasteiger charge is 1.87. The normalized spacial score (nSPS) is 9.30. The van der Waals surface area contributed by atoms with E-state index in [-0.39, 0.29) is 5.96 Å². The Balaban J connectivity index is 2.84. The van der Waals surface area contributed by atoms with Gasteiger partial charge in [0.2, 0.25) is 0 Å². The second-order valence-corrected chi connectivity index (χ2v) is 2.00. The summed E-state index contributed by atoms with van der Waals surface area (Å²) in [5.74, 6) is 5.06. The molecule has 0 aromatic carbocycles. The monoisotopic (exact) mass is 145 g/mol. The maximum atomic E-state index is 6.80. The molecule has 0 fully saturated rings. The van der Waals surface area contributed by atoms with Crippen LogP contribution in [0.25, 0.3) is 0 Å². The van der Waals surface area contributed by atoms with Crippen molar-refractivity contribution in [3.05, 3.63) is 0 Å². The molecule has 10 heavy (non-hydrogen) atoms. The summed E-state index contributed by atoms with van der Waals surface area (Å²) in [5, 5.41) is 9.50. The Hall–Kier alpha value is -0.810. The van der Waals surface area contributed by atoms with Crippen LogP contribution < -0.4 is 22.3 Å². The van der Waals surface area contributed by atoms with Gasteiger partial charge in [0.15, 0.2) is 5.96 Å². The van der Waals surface area contributed by atoms with Gasteiger partial charge in [0.05, 0.1) is 0 Å². The molecule has 0 aliphatic rings. The van der Waals surface area contributed by atoms with Crippen LogP contribution in [0.1, 0.15) is 12.8 Å². The van der Waals surface area contributed by atoms with Crippen LogP contribution in [0.15, 0.2) is 0 Å². The Morgan fingerprint density at radius 2 is 1.90 bits per heavy atom. The topological polar surface area (TPSA) is 100.0 Å². The Kier molecular flexibility index (Phi) is 5.80. The number of unbranched alkanes of at least 4 members (excludes halogenated alkanes) is 1. The molecule has 0 aromatic rings. The van der Waals surface area contributed by atoms with E-state index in [2.05, 4.69) is 10.7 Å². The molecule has 0 aromatic heterocycles. The Morgan fingerprint density at radius 3 is 2.40 bits per heavy atom. The minimum atomic E-state index is 0.0284. The average Bonchev–Trinajstić information content (AvgIpc) is 1.87. The van der Waals surface area contributed by atoms with Crippen molar-refractivity contribution in [2.45, 2.75) is 12.8 Å². The van der Waals surface area contributed by atoms with Crippen molar-refractivity contribution in [2.75, 3.05) is 13.1 Å². The van der Waals surface area contributed by atoms with E-state index in [0.717, 1.165) is 25.9 Å². The molecule has 0 aliphatic heterocycles. The molecule has 0 saturated carbocycles. The number of nitrogens with one attached hydrogen (secondary N) is 3. The Morgan fingerprint density at radius 1 is 1.30 bits per heavy atom. The lowest BCUT2D eigenvalue weighted by Gasteiger charge is -2.01. The van der Waals surface area contributed by atoms with Crippen LogP contribution in [-0.4, -0.2) is 19.0 Å². The van der Waals surface area contributed by atoms with E-state index >= 15 is 0 Å². The third kappa shape index (κ3) is 7.19. The molecule has 0 aliphatic carbocycles. The number of guanidine groups is 1. The maximum absolute atomic E-state index is 6.80. The van der Waals surface area contributed by atoms with Gasteiger partial charge in [-0.05, 0) is 12.8 Å². The van der Waals surface area contributed by atoms with E-state index < -0.39 is 0 Å². The second kappa shape index (κ2) is 6.31. The van der Waals surface area contributed by atoms with Gasteiger partial charge < -0.3 is 11.1 Å². The first-order valence-corrected chi connectivity index (χ1v) is 3.28. The van der Waals surface area contributed by atoms with Crippen LogP contribution in [0.3, 0.4) is 0 Å². The fourth-order valence-electron chi connectivity index (χ4n) is 0.575. The highest BCUT2D eigenvalue weighted by Crippen LogP contribution is 1.81. The van der Waals surface area contributed by atoms with Crippen molar-refractivity contribution >= 4 is 5.96 Å². The van der Waals surface area contributed by atoms with Crippen LogP contribution in [0.5, 0.6) is 0 Å². The molecule has 5 heteroatoms. The summed E-state index contributed by atoms with van der Waals surface area (Å²) in [6.07, 6.45) is 1.97. The molecular weight excluding hydrogens is 130 g/mol. The molecule has 0 amide bonds. The number of hydrogen-bond acceptors (Lipinski definition) is 3. The van der Waals surface area contributed by atoms with Crippen molar-refractivity contribution < 1.29 is 0 Å². The molecule has 60 valence electrons. The molecule has 0 spiro atoms. The van der Waals surface area contributed by atoms with Gasteiger partial charge in [-0.2, -0.15) is 0 Å². The van der Waals surface area contributed by atoms with Crippen LogP contribution in [0.2, 0.25) is 0 Å². The number of hydrogen-bond donors (Lipinski definition) is 5. The lowest BCUT2D eigenvalue weighted by atomic mass is 10.3. The summed E-state index contributed by atoms with van der Waals surface area (Å²) >= 11 is 0. The zero-order valence-electron chi connectivity index (χ0n) is 5.98. The predicted molar refractivity (Wildman–Crippen MR) is 41.3 cm³/mol. The molecule has 0 unspecified atom stereocenters. The zero-order chi connectivity index (χ0) is 7.82. The standard InChI is InChI=1S/C5H15N5/c6-5(7)9-3-1-2-4-10-8/h10H,1-4,8H2,(H4,6,7,9). The minimum Gasteiger partial charge on any atom is -0.370 e. The van der Waals surface area contributed by atoms with Crippen molar-refractivity contribution in [1.82, 2.24) is 10.7 Å². The summed E-state index contributed by atoms with van der Waals surface area (Å²) in [5.41, 5.74) is 7.58. The lowest BCUT2D eigenvalue weighted by molar-refractivity contribution is 0.635. The fourth-order valence-corrected chi connectivity index (χ4v) is 0.575. The van der Waals surface area contributed by atoms with E-state index in [9.17, 15) is 0 Å². The van der Waals surface area contributed by atoms with E-state index in [1.807, 2.05) is 0 Å². The van der Waals surface area contributed by atoms with Gasteiger partial charge >= 0.3 is 0 Å². The summed E-state index contributed by atoms with van der Waals surface area (Å²) < 4.78 is 0. The summed E-state index contributed by atoms with van der Waals surface area (Å²) in [6, 6.07) is 0. The van der Waals surface area contributed by atoms with E-state index in [1.54, 1.807) is 0 Å². The molecule has 0 saturated heterocycles. The van der Waals surface area contributed by atoms with Gasteiger partial charge in [-0.25, -0.2) is 0 Å². The fraction of sp³-hybridized carbons (Fsp3) is 0.800. The molecule has 0 rings (SSSR count). The van der Waals surface area contributed by atoms with E-state index in [4.69, 9.17) is 17.0 Å². The first-order chi connectivity index (χ1) is 4.77. The highest BCUT2D eigenvalue weighted by atomic mass is 15.2. The molecule has 0 bridgehead atoms. The summed E-state index contributed by atoms with van der Waals surface area (Å²) in [7, 11) is 0. The van der Waals surface area contributed by atoms with E-state index in [0.29, 0.717) is 0 Å². The van der Waals surface area contributed by atoms with Crippen molar-refractivity contribution in [3.63, 3.8) is 0 Å². The lowest BCUT2D eigenvalue weighted by Crippen LogP contribution is -2.31. The van der Waals surface area contributed by atoms with Gasteiger partial charge in [0.1, 0.15) is 0 Å². The van der Waals surface area contributed by atoms with Crippen LogP contribution in [-0.2, 0) is 0 Å². The molecule has 0 atom stereocenters. The molecule has 7 N–H and O–H groups in total. The summed E-state index contributed by atoms with van der Waals surface area (Å²) in [4.78, 5) is 0. The first kappa shape index (κ1) is 9.19. The number of nitrogens with two attached hydrogens (primary N) is 2. The predicted octanol–water partition coefficient (Wildman–Crippen LogP) is -1.29. The molecule has 0 radical (unpaired) electrons. The smallest absolute Gasteiger partial charge is 0.185 e. The van der Waals surface area contributed by atoms with Crippen LogP contribution >= 0.6 is 0 Å². The number of rotatable bonds is 5. The van der Waals surface area contributed by atoms with Crippen molar-refractivity contribution in [3.8, 4) is 0 Å². The Bertz CT molecular complexity index is 92.0. The Labute approximate surface area is 60.6 Å². The van der Waals surface area contributed by atoms with Gasteiger partial charge in [-0.3, -0.25) is 16.7 Å². The zero-order valence-corrected chi connectivity index (χ0v) is 5.98. The third-order valence-corrected chi connectivity index (χ3v) is 1.06. The SMILES string of the molecule is N=C(N)NCCCCNN. The highest BCUT2D eigenvalue weighted by molar-refractivity contribution is 5.74. The van der Waals surface area contributed by atoms with Crippen molar-refractivity contribution in [1.29, 1.82) is 5.41 Å². The average molecular weight is 145 g/mol. The summed E-state index contributed by atoms with van der Waals surface area (Å²) in [6.45, 7) is 1.55. The number of hydrazine groups is 1. The third-order valence-electron chi connectivity index (χ3n) is 1.06. The van der Waals surface area contributed by atoms with Crippen LogP contribution in [0, 0.1) is 5.41 Å². The maximum Gasteiger partial charge on any atom is 0.185 e. The van der Waals surface area contributed by atoms with E-state index in [1.165, 1.54) is 0 Å². The van der Waals surface area contributed by atoms with Crippen LogP contribution in [0.4, 0.5) is 0 Å². The quantitative estimate of drug-likeness (QED) is 0.109. The van der Waals surface area contributed by atoms with Gasteiger partial charge in [0, 0.05) is 13.1 Å². The second-order valence-electron chi connectivity index (χ2n) is 2.00. The largest absolute Gasteiger partial charge is 0.370 e.